The van der Waals surface area contributed by atoms with Gasteiger partial charge in [-0.15, -0.1) is 0 Å². The first kappa shape index (κ1) is 15.7. The summed E-state index contributed by atoms with van der Waals surface area (Å²) in [6.07, 6.45) is 3.38. The van der Waals surface area contributed by atoms with Crippen molar-refractivity contribution in [2.24, 2.45) is 0 Å². The van der Waals surface area contributed by atoms with E-state index in [1.807, 2.05) is 0 Å². The van der Waals surface area contributed by atoms with Crippen molar-refractivity contribution in [1.29, 1.82) is 0 Å². The highest BCUT2D eigenvalue weighted by Gasteiger charge is 2.16. The van der Waals surface area contributed by atoms with Crippen molar-refractivity contribution >= 4 is 31.6 Å². The van der Waals surface area contributed by atoms with E-state index in [0.29, 0.717) is 4.47 Å². The molecule has 0 aliphatic carbocycles. The molecule has 0 saturated carbocycles. The molecular weight excluding hydrogens is 385 g/mol. The number of halogens is 2. The Kier molecular flexibility index (Phi) is 4.18. The summed E-state index contributed by atoms with van der Waals surface area (Å²) < 4.78 is 42.8. The van der Waals surface area contributed by atoms with E-state index < -0.39 is 15.8 Å². The van der Waals surface area contributed by atoms with Crippen molar-refractivity contribution in [2.75, 3.05) is 4.72 Å². The second kappa shape index (κ2) is 6.13. The van der Waals surface area contributed by atoms with Crippen LogP contribution in [0.25, 0.3) is 5.69 Å². The smallest absolute Gasteiger partial charge is 0.261 e. The van der Waals surface area contributed by atoms with Crippen molar-refractivity contribution in [1.82, 2.24) is 9.78 Å². The summed E-state index contributed by atoms with van der Waals surface area (Å²) in [6, 6.07) is 12.0. The fourth-order valence-electron chi connectivity index (χ4n) is 1.98. The van der Waals surface area contributed by atoms with Crippen molar-refractivity contribution in [2.45, 2.75) is 4.90 Å². The average Bonchev–Trinajstić information content (AvgIpc) is 3.05. The second-order valence-corrected chi connectivity index (χ2v) is 7.27. The predicted molar refractivity (Wildman–Crippen MR) is 88.5 cm³/mol. The SMILES string of the molecule is O=S(=O)(Nc1ccc(Br)cc1F)c1ccc(-n2cccn2)cc1. The van der Waals surface area contributed by atoms with Crippen LogP contribution in [0.4, 0.5) is 10.1 Å². The predicted octanol–water partition coefficient (Wildman–Crippen LogP) is 3.57. The first-order valence-electron chi connectivity index (χ1n) is 6.54. The van der Waals surface area contributed by atoms with Gasteiger partial charge in [0.2, 0.25) is 0 Å². The Labute approximate surface area is 140 Å². The van der Waals surface area contributed by atoms with Gasteiger partial charge in [0.25, 0.3) is 10.0 Å². The number of rotatable bonds is 4. The fourth-order valence-corrected chi connectivity index (χ4v) is 3.38. The molecule has 0 amide bonds. The Bertz CT molecular complexity index is 926. The van der Waals surface area contributed by atoms with Gasteiger partial charge >= 0.3 is 0 Å². The highest BCUT2D eigenvalue weighted by molar-refractivity contribution is 9.10. The second-order valence-electron chi connectivity index (χ2n) is 4.67. The van der Waals surface area contributed by atoms with Crippen molar-refractivity contribution < 1.29 is 12.8 Å². The van der Waals surface area contributed by atoms with Gasteiger partial charge in [-0.2, -0.15) is 5.10 Å². The van der Waals surface area contributed by atoms with Gasteiger partial charge in [0.1, 0.15) is 5.82 Å². The lowest BCUT2D eigenvalue weighted by atomic mass is 10.3. The minimum Gasteiger partial charge on any atom is -0.277 e. The maximum atomic E-state index is 13.8. The number of aromatic nitrogens is 2. The zero-order valence-electron chi connectivity index (χ0n) is 11.6. The van der Waals surface area contributed by atoms with Crippen LogP contribution < -0.4 is 4.72 Å². The molecule has 8 heteroatoms. The van der Waals surface area contributed by atoms with Crippen LogP contribution in [0.5, 0.6) is 0 Å². The molecule has 5 nitrogen and oxygen atoms in total. The molecule has 3 rings (SSSR count). The number of nitrogens with zero attached hydrogens (tertiary/aromatic N) is 2. The summed E-state index contributed by atoms with van der Waals surface area (Å²) in [4.78, 5) is 0.0377. The standard InChI is InChI=1S/C15H11BrFN3O2S/c16-11-2-7-15(14(17)10-11)19-23(21,22)13-5-3-12(4-6-13)20-9-1-8-18-20/h1-10,19H. The van der Waals surface area contributed by atoms with Gasteiger partial charge in [-0.05, 0) is 48.5 Å². The van der Waals surface area contributed by atoms with Gasteiger partial charge in [0.15, 0.2) is 0 Å². The highest BCUT2D eigenvalue weighted by atomic mass is 79.9. The van der Waals surface area contributed by atoms with Crippen molar-refractivity contribution in [3.8, 4) is 5.69 Å². The largest absolute Gasteiger partial charge is 0.277 e. The molecule has 0 fully saturated rings. The van der Waals surface area contributed by atoms with Gasteiger partial charge in [0, 0.05) is 16.9 Å². The molecule has 0 bridgehead atoms. The van der Waals surface area contributed by atoms with Crippen molar-refractivity contribution in [3.63, 3.8) is 0 Å². The van der Waals surface area contributed by atoms with E-state index in [0.717, 1.165) is 5.69 Å². The Morgan fingerprint density at radius 2 is 1.87 bits per heavy atom. The monoisotopic (exact) mass is 395 g/mol. The van der Waals surface area contributed by atoms with Crippen LogP contribution >= 0.6 is 15.9 Å². The summed E-state index contributed by atoms with van der Waals surface area (Å²) in [5.74, 6) is -0.656. The summed E-state index contributed by atoms with van der Waals surface area (Å²) in [7, 11) is -3.87. The molecule has 3 aromatic rings. The minimum absolute atomic E-state index is 0.0377. The quantitative estimate of drug-likeness (QED) is 0.734. The molecule has 1 aromatic heterocycles. The van der Waals surface area contributed by atoms with E-state index in [2.05, 4.69) is 25.8 Å². The number of hydrogen-bond acceptors (Lipinski definition) is 3. The Morgan fingerprint density at radius 1 is 1.13 bits per heavy atom. The lowest BCUT2D eigenvalue weighted by Crippen LogP contribution is -2.14. The number of sulfonamides is 1. The lowest BCUT2D eigenvalue weighted by molar-refractivity contribution is 0.598. The molecule has 0 radical (unpaired) electrons. The minimum atomic E-state index is -3.87. The maximum Gasteiger partial charge on any atom is 0.261 e. The average molecular weight is 396 g/mol. The topological polar surface area (TPSA) is 64.0 Å². The summed E-state index contributed by atoms with van der Waals surface area (Å²) >= 11 is 3.12. The number of hydrogen-bond donors (Lipinski definition) is 1. The van der Waals surface area contributed by atoms with Gasteiger partial charge in [-0.25, -0.2) is 17.5 Å². The normalized spacial score (nSPS) is 11.4. The molecule has 0 atom stereocenters. The first-order valence-corrected chi connectivity index (χ1v) is 8.81. The van der Waals surface area contributed by atoms with E-state index in [4.69, 9.17) is 0 Å². The molecule has 0 unspecified atom stereocenters. The zero-order valence-corrected chi connectivity index (χ0v) is 14.1. The molecular formula is C15H11BrFN3O2S. The third kappa shape index (κ3) is 3.43. The van der Waals surface area contributed by atoms with E-state index in [9.17, 15) is 12.8 Å². The van der Waals surface area contributed by atoms with Crippen LogP contribution in [0, 0.1) is 5.82 Å². The summed E-state index contributed by atoms with van der Waals surface area (Å²) in [5.41, 5.74) is 0.619. The maximum absolute atomic E-state index is 13.8. The van der Waals surface area contributed by atoms with E-state index in [1.54, 1.807) is 41.3 Å². The Morgan fingerprint density at radius 3 is 2.48 bits per heavy atom. The van der Waals surface area contributed by atoms with Crippen LogP contribution in [0.15, 0.2) is 70.3 Å². The number of nitrogens with one attached hydrogen (secondary N) is 1. The van der Waals surface area contributed by atoms with Gasteiger partial charge < -0.3 is 0 Å². The number of benzene rings is 2. The molecule has 0 saturated heterocycles. The first-order chi connectivity index (χ1) is 11.0. The molecule has 1 heterocycles. The van der Waals surface area contributed by atoms with Crippen LogP contribution in [-0.2, 0) is 10.0 Å². The van der Waals surface area contributed by atoms with Crippen LogP contribution in [0.1, 0.15) is 0 Å². The molecule has 0 aliphatic rings. The Hall–Kier alpha value is -2.19. The molecule has 23 heavy (non-hydrogen) atoms. The van der Waals surface area contributed by atoms with Crippen LogP contribution in [-0.4, -0.2) is 18.2 Å². The van der Waals surface area contributed by atoms with Gasteiger partial charge in [0.05, 0.1) is 16.3 Å². The molecule has 118 valence electrons. The zero-order chi connectivity index (χ0) is 16.4. The van der Waals surface area contributed by atoms with Gasteiger partial charge in [-0.3, -0.25) is 4.72 Å². The molecule has 0 aliphatic heterocycles. The summed E-state index contributed by atoms with van der Waals surface area (Å²) in [5, 5.41) is 4.06. The van der Waals surface area contributed by atoms with E-state index in [-0.39, 0.29) is 10.6 Å². The Balaban J connectivity index is 1.87. The lowest BCUT2D eigenvalue weighted by Gasteiger charge is -2.10. The van der Waals surface area contributed by atoms with Gasteiger partial charge in [-0.1, -0.05) is 15.9 Å². The summed E-state index contributed by atoms with van der Waals surface area (Å²) in [6.45, 7) is 0. The molecule has 0 spiro atoms. The van der Waals surface area contributed by atoms with Crippen LogP contribution in [0.2, 0.25) is 0 Å². The van der Waals surface area contributed by atoms with E-state index >= 15 is 0 Å². The molecule has 2 aromatic carbocycles. The van der Waals surface area contributed by atoms with Crippen molar-refractivity contribution in [3.05, 3.63) is 71.2 Å². The fraction of sp³-hybridized carbons (Fsp3) is 0. The van der Waals surface area contributed by atoms with Crippen LogP contribution in [0.3, 0.4) is 0 Å². The number of anilines is 1. The third-order valence-corrected chi connectivity index (χ3v) is 4.97. The highest BCUT2D eigenvalue weighted by Crippen LogP contribution is 2.23. The molecule has 1 N–H and O–H groups in total. The third-order valence-electron chi connectivity index (χ3n) is 3.09. The van der Waals surface area contributed by atoms with E-state index in [1.165, 1.54) is 24.3 Å².